The van der Waals surface area contributed by atoms with Gasteiger partial charge in [-0.05, 0) is 0 Å². The first-order valence-corrected chi connectivity index (χ1v) is 6.49. The van der Waals surface area contributed by atoms with Gasteiger partial charge in [-0.1, -0.05) is 12.1 Å². The average molecular weight is 299 g/mol. The summed E-state index contributed by atoms with van der Waals surface area (Å²) in [6.45, 7) is 1.27. The van der Waals surface area contributed by atoms with Gasteiger partial charge in [0.05, 0.1) is 6.61 Å². The van der Waals surface area contributed by atoms with Gasteiger partial charge < -0.3 is 19.9 Å². The maximum absolute atomic E-state index is 14.1. The summed E-state index contributed by atoms with van der Waals surface area (Å²) in [6, 6.07) is 0. The van der Waals surface area contributed by atoms with E-state index in [1.807, 2.05) is 0 Å². The van der Waals surface area contributed by atoms with Crippen molar-refractivity contribution in [3.8, 4) is 0 Å². The van der Waals surface area contributed by atoms with Gasteiger partial charge in [0.25, 0.3) is 5.56 Å². The first-order chi connectivity index (χ1) is 10.1. The van der Waals surface area contributed by atoms with E-state index in [0.29, 0.717) is 12.2 Å². The number of aromatic amines is 1. The minimum absolute atomic E-state index is 0.0371. The molecule has 1 saturated heterocycles. The number of aromatic nitrogens is 5. The van der Waals surface area contributed by atoms with Gasteiger partial charge in [0.2, 0.25) is 0 Å². The number of alkyl halides is 1. The van der Waals surface area contributed by atoms with Crippen LogP contribution in [0.5, 0.6) is 0 Å². The minimum atomic E-state index is -1.81. The highest BCUT2D eigenvalue weighted by molar-refractivity contribution is 5.68. The zero-order valence-electron chi connectivity index (χ0n) is 11.1. The van der Waals surface area contributed by atoms with Crippen molar-refractivity contribution in [2.45, 2.75) is 38.0 Å². The fraction of sp³-hybridized carbons (Fsp3) is 0.636. The lowest BCUT2D eigenvalue weighted by Gasteiger charge is -2.13. The molecule has 0 radical (unpaired) electrons. The van der Waals surface area contributed by atoms with Crippen molar-refractivity contribution in [1.82, 2.24) is 25.0 Å². The Hall–Kier alpha value is -1.91. The van der Waals surface area contributed by atoms with E-state index in [0.717, 1.165) is 4.68 Å². The summed E-state index contributed by atoms with van der Waals surface area (Å²) < 4.78 is 20.4. The normalized spacial score (nSPS) is 29.3. The van der Waals surface area contributed by atoms with Crippen LogP contribution in [0.2, 0.25) is 0 Å². The Morgan fingerprint density at radius 1 is 1.52 bits per heavy atom. The van der Waals surface area contributed by atoms with Crippen molar-refractivity contribution >= 4 is 11.2 Å². The summed E-state index contributed by atoms with van der Waals surface area (Å²) in [6.07, 6.45) is -5.16. The lowest BCUT2D eigenvalue weighted by molar-refractivity contribution is -0.0512. The van der Waals surface area contributed by atoms with Crippen molar-refractivity contribution in [3.63, 3.8) is 0 Å². The number of aliphatic hydroxyl groups is 2. The van der Waals surface area contributed by atoms with Crippen LogP contribution in [-0.2, 0) is 11.2 Å². The van der Waals surface area contributed by atoms with Crippen molar-refractivity contribution in [3.05, 3.63) is 16.2 Å². The molecular formula is C11H14FN5O4. The van der Waals surface area contributed by atoms with Crippen LogP contribution < -0.4 is 5.56 Å². The molecule has 0 aromatic carbocycles. The molecule has 2 aromatic rings. The highest BCUT2D eigenvalue weighted by atomic mass is 19.1. The lowest BCUT2D eigenvalue weighted by Crippen LogP contribution is -2.30. The molecule has 1 aliphatic heterocycles. The maximum Gasteiger partial charge on any atom is 0.281 e. The summed E-state index contributed by atoms with van der Waals surface area (Å²) in [7, 11) is 0. The number of nitrogens with one attached hydrogen (secondary N) is 1. The molecule has 0 bridgehead atoms. The van der Waals surface area contributed by atoms with Gasteiger partial charge >= 0.3 is 0 Å². The van der Waals surface area contributed by atoms with Crippen LogP contribution in [0.1, 0.15) is 19.0 Å². The summed E-state index contributed by atoms with van der Waals surface area (Å²) >= 11 is 0. The standard InChI is InChI=1S/C11H14FN5O4/c1-2-5-13-9-7(10(20)14-5)15-16-17(9)11-6(12)8(19)4(3-18)21-11/h4,6,8,11,18-19H,2-3H2,1H3,(H,13,14,20)/t4-,6+,8-,11-/m1/s1. The Balaban J connectivity index is 2.09. The Bertz CT molecular complexity index is 716. The molecule has 10 heteroatoms. The Labute approximate surface area is 117 Å². The SMILES string of the molecule is CCc1nc2c(nnn2[C@@H]2O[C@H](CO)[C@@H](O)[C@@H]2F)c(=O)[nH]1. The maximum atomic E-state index is 14.1. The molecule has 1 fully saturated rings. The van der Waals surface area contributed by atoms with E-state index in [1.54, 1.807) is 6.92 Å². The predicted molar refractivity (Wildman–Crippen MR) is 67.2 cm³/mol. The van der Waals surface area contributed by atoms with Crippen LogP contribution in [0.4, 0.5) is 4.39 Å². The number of ether oxygens (including phenoxy) is 1. The van der Waals surface area contributed by atoms with Gasteiger partial charge in [-0.25, -0.2) is 9.37 Å². The molecule has 0 unspecified atom stereocenters. The number of H-pyrrole nitrogens is 1. The Morgan fingerprint density at radius 2 is 2.29 bits per heavy atom. The summed E-state index contributed by atoms with van der Waals surface area (Å²) in [5.74, 6) is 0.406. The van der Waals surface area contributed by atoms with E-state index in [1.165, 1.54) is 0 Å². The minimum Gasteiger partial charge on any atom is -0.394 e. The molecule has 2 aromatic heterocycles. The van der Waals surface area contributed by atoms with E-state index in [4.69, 9.17) is 9.84 Å². The topological polar surface area (TPSA) is 126 Å². The van der Waals surface area contributed by atoms with E-state index in [9.17, 15) is 14.3 Å². The third-order valence-electron chi connectivity index (χ3n) is 3.43. The molecule has 0 saturated carbocycles. The van der Waals surface area contributed by atoms with Gasteiger partial charge in [-0.2, -0.15) is 4.68 Å². The van der Waals surface area contributed by atoms with Crippen molar-refractivity contribution in [2.24, 2.45) is 0 Å². The van der Waals surface area contributed by atoms with Gasteiger partial charge in [0.1, 0.15) is 18.0 Å². The molecule has 4 atom stereocenters. The number of hydrogen-bond acceptors (Lipinski definition) is 7. The third-order valence-corrected chi connectivity index (χ3v) is 3.43. The second kappa shape index (κ2) is 5.13. The zero-order valence-corrected chi connectivity index (χ0v) is 11.1. The number of nitrogens with zero attached hydrogens (tertiary/aromatic N) is 4. The van der Waals surface area contributed by atoms with Crippen molar-refractivity contribution in [2.75, 3.05) is 6.61 Å². The fourth-order valence-corrected chi connectivity index (χ4v) is 2.28. The number of hydrogen-bond donors (Lipinski definition) is 3. The number of rotatable bonds is 3. The number of fused-ring (bicyclic) bond motifs is 1. The van der Waals surface area contributed by atoms with Gasteiger partial charge in [0, 0.05) is 6.42 Å². The van der Waals surface area contributed by atoms with E-state index >= 15 is 0 Å². The molecule has 0 aliphatic carbocycles. The van der Waals surface area contributed by atoms with E-state index in [-0.39, 0.29) is 11.2 Å². The van der Waals surface area contributed by atoms with Crippen LogP contribution in [0.3, 0.4) is 0 Å². The molecule has 21 heavy (non-hydrogen) atoms. The molecule has 0 amide bonds. The molecule has 0 spiro atoms. The van der Waals surface area contributed by atoms with Crippen LogP contribution in [0.15, 0.2) is 4.79 Å². The van der Waals surface area contributed by atoms with Gasteiger partial charge in [0.15, 0.2) is 23.6 Å². The Morgan fingerprint density at radius 3 is 2.90 bits per heavy atom. The van der Waals surface area contributed by atoms with Crippen LogP contribution in [0, 0.1) is 0 Å². The monoisotopic (exact) mass is 299 g/mol. The molecule has 9 nitrogen and oxygen atoms in total. The van der Waals surface area contributed by atoms with E-state index in [2.05, 4.69) is 20.3 Å². The molecule has 3 heterocycles. The van der Waals surface area contributed by atoms with E-state index < -0.39 is 36.8 Å². The second-order valence-electron chi connectivity index (χ2n) is 4.76. The molecule has 114 valence electrons. The second-order valence-corrected chi connectivity index (χ2v) is 4.76. The lowest BCUT2D eigenvalue weighted by atomic mass is 10.1. The number of halogens is 1. The smallest absolute Gasteiger partial charge is 0.281 e. The summed E-state index contributed by atoms with van der Waals surface area (Å²) in [5.41, 5.74) is -0.435. The Kier molecular flexibility index (Phi) is 3.43. The third kappa shape index (κ3) is 2.11. The quantitative estimate of drug-likeness (QED) is 0.640. The molecular weight excluding hydrogens is 285 g/mol. The van der Waals surface area contributed by atoms with Crippen molar-refractivity contribution < 1.29 is 19.3 Å². The summed E-state index contributed by atoms with van der Waals surface area (Å²) in [5, 5.41) is 26.0. The average Bonchev–Trinajstić information content (AvgIpc) is 3.02. The molecule has 1 aliphatic rings. The largest absolute Gasteiger partial charge is 0.394 e. The predicted octanol–water partition coefficient (Wildman–Crippen LogP) is -1.33. The first-order valence-electron chi connectivity index (χ1n) is 6.49. The zero-order chi connectivity index (χ0) is 15.1. The molecule has 3 rings (SSSR count). The molecule has 3 N–H and O–H groups in total. The van der Waals surface area contributed by atoms with Crippen LogP contribution in [0.25, 0.3) is 11.2 Å². The summed E-state index contributed by atoms with van der Waals surface area (Å²) in [4.78, 5) is 18.5. The van der Waals surface area contributed by atoms with Crippen molar-refractivity contribution in [1.29, 1.82) is 0 Å². The number of aliphatic hydroxyl groups excluding tert-OH is 2. The number of aryl methyl sites for hydroxylation is 1. The van der Waals surface area contributed by atoms with Gasteiger partial charge in [-0.3, -0.25) is 4.79 Å². The highest BCUT2D eigenvalue weighted by Crippen LogP contribution is 2.32. The van der Waals surface area contributed by atoms with Crippen LogP contribution in [-0.4, -0.2) is 60.2 Å². The highest BCUT2D eigenvalue weighted by Gasteiger charge is 2.46. The van der Waals surface area contributed by atoms with Gasteiger partial charge in [-0.15, -0.1) is 5.10 Å². The van der Waals surface area contributed by atoms with Crippen LogP contribution >= 0.6 is 0 Å². The fourth-order valence-electron chi connectivity index (χ4n) is 2.28. The first kappa shape index (κ1) is 14.0.